The van der Waals surface area contributed by atoms with E-state index in [2.05, 4.69) is 20.8 Å². The lowest BCUT2D eigenvalue weighted by atomic mass is 10.0. The minimum absolute atomic E-state index is 0.118. The molecule has 1 saturated heterocycles. The summed E-state index contributed by atoms with van der Waals surface area (Å²) in [6, 6.07) is 5.32. The number of nitrogens with one attached hydrogen (secondary N) is 2. The van der Waals surface area contributed by atoms with E-state index in [1.54, 1.807) is 17.0 Å². The van der Waals surface area contributed by atoms with E-state index in [9.17, 15) is 9.59 Å². The fourth-order valence-corrected chi connectivity index (χ4v) is 3.25. The number of hydrazine groups is 1. The number of nitrogens with zero attached hydrogens (tertiary/aromatic N) is 4. The van der Waals surface area contributed by atoms with E-state index in [-0.39, 0.29) is 24.0 Å². The van der Waals surface area contributed by atoms with Crippen LogP contribution in [-0.4, -0.2) is 57.2 Å². The number of rotatable bonds is 5. The van der Waals surface area contributed by atoms with Gasteiger partial charge in [-0.05, 0) is 45.7 Å². The topological polar surface area (TPSA) is 111 Å². The van der Waals surface area contributed by atoms with E-state index in [0.29, 0.717) is 24.7 Å². The largest absolute Gasteiger partial charge is 0.481 e. The van der Waals surface area contributed by atoms with Crippen LogP contribution in [0.1, 0.15) is 50.1 Å². The first-order valence-corrected chi connectivity index (χ1v) is 9.85. The third kappa shape index (κ3) is 5.40. The van der Waals surface area contributed by atoms with Gasteiger partial charge < -0.3 is 18.9 Å². The Balaban J connectivity index is 1.57. The van der Waals surface area contributed by atoms with Crippen LogP contribution in [-0.2, 0) is 4.74 Å². The molecule has 10 heteroatoms. The maximum atomic E-state index is 12.7. The highest BCUT2D eigenvalue weighted by molar-refractivity contribution is 5.93. The van der Waals surface area contributed by atoms with Gasteiger partial charge in [0, 0.05) is 37.6 Å². The number of likely N-dealkylation sites (tertiary alicyclic amines) is 1. The summed E-state index contributed by atoms with van der Waals surface area (Å²) in [6.45, 7) is 6.72. The van der Waals surface area contributed by atoms with Crippen LogP contribution in [0.5, 0.6) is 5.88 Å². The second kappa shape index (κ2) is 9.02. The van der Waals surface area contributed by atoms with Crippen LogP contribution in [0.2, 0.25) is 0 Å². The molecular weight excluding hydrogens is 388 g/mol. The first kappa shape index (κ1) is 21.4. The van der Waals surface area contributed by atoms with Gasteiger partial charge in [-0.2, -0.15) is 4.98 Å². The molecule has 0 bridgehead atoms. The SMILES string of the molecule is COc1ccnc(NNC(=O)c2cccn2C2CCN(C(=O)OC(C)(C)C)CC2)n1. The Morgan fingerprint density at radius 2 is 1.93 bits per heavy atom. The summed E-state index contributed by atoms with van der Waals surface area (Å²) in [5.41, 5.74) is 5.31. The summed E-state index contributed by atoms with van der Waals surface area (Å²) in [6.07, 6.45) is 4.59. The van der Waals surface area contributed by atoms with Crippen LogP contribution in [0.4, 0.5) is 10.7 Å². The van der Waals surface area contributed by atoms with E-state index in [4.69, 9.17) is 9.47 Å². The standard InChI is InChI=1S/C20H28N6O4/c1-20(2,3)30-19(28)25-12-8-14(9-13-25)26-11-5-6-15(26)17(27)23-24-18-21-10-7-16(22-18)29-4/h5-7,10-11,14H,8-9,12-13H2,1-4H3,(H,23,27)(H,21,22,24). The molecule has 2 N–H and O–H groups in total. The molecule has 1 aliphatic rings. The number of amides is 2. The molecule has 162 valence electrons. The van der Waals surface area contributed by atoms with E-state index >= 15 is 0 Å². The zero-order valence-electron chi connectivity index (χ0n) is 17.7. The minimum atomic E-state index is -0.515. The van der Waals surface area contributed by atoms with Crippen LogP contribution in [0.3, 0.4) is 0 Å². The Kier molecular flexibility index (Phi) is 6.43. The van der Waals surface area contributed by atoms with Crippen molar-refractivity contribution in [3.05, 3.63) is 36.3 Å². The van der Waals surface area contributed by atoms with E-state index in [0.717, 1.165) is 12.8 Å². The Morgan fingerprint density at radius 3 is 2.60 bits per heavy atom. The summed E-state index contributed by atoms with van der Waals surface area (Å²) in [5, 5.41) is 0. The fourth-order valence-electron chi connectivity index (χ4n) is 3.25. The molecule has 0 aromatic carbocycles. The number of aromatic nitrogens is 3. The average Bonchev–Trinajstić information content (AvgIpc) is 3.21. The average molecular weight is 416 g/mol. The molecule has 0 radical (unpaired) electrons. The monoisotopic (exact) mass is 416 g/mol. The number of anilines is 1. The van der Waals surface area contributed by atoms with Gasteiger partial charge in [-0.3, -0.25) is 15.6 Å². The number of ether oxygens (including phenoxy) is 2. The molecule has 2 aromatic heterocycles. The number of carbonyl (C=O) groups is 2. The van der Waals surface area contributed by atoms with E-state index in [1.807, 2.05) is 37.6 Å². The zero-order chi connectivity index (χ0) is 21.7. The van der Waals surface area contributed by atoms with Crippen molar-refractivity contribution < 1.29 is 19.1 Å². The van der Waals surface area contributed by atoms with Gasteiger partial charge in [0.15, 0.2) is 0 Å². The molecule has 0 aliphatic carbocycles. The molecule has 2 aromatic rings. The van der Waals surface area contributed by atoms with Gasteiger partial charge in [0.1, 0.15) is 11.3 Å². The van der Waals surface area contributed by atoms with Gasteiger partial charge in [-0.25, -0.2) is 9.78 Å². The maximum Gasteiger partial charge on any atom is 0.410 e. The second-order valence-corrected chi connectivity index (χ2v) is 8.00. The maximum absolute atomic E-state index is 12.7. The van der Waals surface area contributed by atoms with E-state index in [1.165, 1.54) is 13.3 Å². The quantitative estimate of drug-likeness (QED) is 0.721. The highest BCUT2D eigenvalue weighted by Crippen LogP contribution is 2.25. The Labute approximate surface area is 175 Å². The molecule has 1 aliphatic heterocycles. The number of hydrogen-bond acceptors (Lipinski definition) is 7. The fraction of sp³-hybridized carbons (Fsp3) is 0.500. The molecule has 30 heavy (non-hydrogen) atoms. The summed E-state index contributed by atoms with van der Waals surface area (Å²) < 4.78 is 12.4. The van der Waals surface area contributed by atoms with Gasteiger partial charge in [0.05, 0.1) is 7.11 Å². The van der Waals surface area contributed by atoms with Crippen molar-refractivity contribution >= 4 is 17.9 Å². The molecule has 0 atom stereocenters. The summed E-state index contributed by atoms with van der Waals surface area (Å²) in [7, 11) is 1.51. The number of methoxy groups -OCH3 is 1. The molecular formula is C20H28N6O4. The van der Waals surface area contributed by atoms with Gasteiger partial charge in [0.25, 0.3) is 5.91 Å². The highest BCUT2D eigenvalue weighted by Gasteiger charge is 2.28. The second-order valence-electron chi connectivity index (χ2n) is 8.00. The van der Waals surface area contributed by atoms with Crippen LogP contribution in [0.15, 0.2) is 30.6 Å². The Morgan fingerprint density at radius 1 is 1.20 bits per heavy atom. The van der Waals surface area contributed by atoms with Gasteiger partial charge in [0.2, 0.25) is 11.8 Å². The highest BCUT2D eigenvalue weighted by atomic mass is 16.6. The van der Waals surface area contributed by atoms with Crippen molar-refractivity contribution in [2.45, 2.75) is 45.3 Å². The van der Waals surface area contributed by atoms with Crippen LogP contribution >= 0.6 is 0 Å². The number of piperidine rings is 1. The lowest BCUT2D eigenvalue weighted by molar-refractivity contribution is 0.0187. The van der Waals surface area contributed by atoms with Crippen LogP contribution in [0, 0.1) is 0 Å². The lowest BCUT2D eigenvalue weighted by Crippen LogP contribution is -2.42. The van der Waals surface area contributed by atoms with Crippen molar-refractivity contribution in [2.75, 3.05) is 25.6 Å². The van der Waals surface area contributed by atoms with Gasteiger partial charge in [-0.1, -0.05) is 0 Å². The van der Waals surface area contributed by atoms with E-state index < -0.39 is 5.60 Å². The molecule has 0 spiro atoms. The molecule has 0 saturated carbocycles. The number of hydrogen-bond donors (Lipinski definition) is 2. The van der Waals surface area contributed by atoms with Crippen molar-refractivity contribution in [3.8, 4) is 5.88 Å². The minimum Gasteiger partial charge on any atom is -0.481 e. The van der Waals surface area contributed by atoms with Crippen molar-refractivity contribution in [1.82, 2.24) is 24.9 Å². The molecule has 3 heterocycles. The predicted molar refractivity (Wildman–Crippen MR) is 110 cm³/mol. The normalized spacial score (nSPS) is 14.9. The van der Waals surface area contributed by atoms with Crippen molar-refractivity contribution in [3.63, 3.8) is 0 Å². The van der Waals surface area contributed by atoms with Crippen LogP contribution < -0.4 is 15.6 Å². The first-order chi connectivity index (χ1) is 14.3. The predicted octanol–water partition coefficient (Wildman–Crippen LogP) is 2.62. The Hall–Kier alpha value is -3.30. The summed E-state index contributed by atoms with van der Waals surface area (Å²) in [4.78, 5) is 34.7. The molecule has 2 amide bonds. The molecule has 1 fully saturated rings. The van der Waals surface area contributed by atoms with Crippen molar-refractivity contribution in [1.29, 1.82) is 0 Å². The Bertz CT molecular complexity index is 883. The molecule has 10 nitrogen and oxygen atoms in total. The third-order valence-electron chi connectivity index (χ3n) is 4.65. The van der Waals surface area contributed by atoms with Gasteiger partial charge >= 0.3 is 6.09 Å². The summed E-state index contributed by atoms with van der Waals surface area (Å²) in [5.74, 6) is 0.314. The smallest absolute Gasteiger partial charge is 0.410 e. The molecule has 0 unspecified atom stereocenters. The van der Waals surface area contributed by atoms with Gasteiger partial charge in [-0.15, -0.1) is 0 Å². The lowest BCUT2D eigenvalue weighted by Gasteiger charge is -2.34. The summed E-state index contributed by atoms with van der Waals surface area (Å²) >= 11 is 0. The molecule has 3 rings (SSSR count). The van der Waals surface area contributed by atoms with Crippen LogP contribution in [0.25, 0.3) is 0 Å². The zero-order valence-corrected chi connectivity index (χ0v) is 17.7. The first-order valence-electron chi connectivity index (χ1n) is 9.85. The third-order valence-corrected chi connectivity index (χ3v) is 4.65. The van der Waals surface area contributed by atoms with Crippen molar-refractivity contribution in [2.24, 2.45) is 0 Å². The number of carbonyl (C=O) groups excluding carboxylic acids is 2.